The van der Waals surface area contributed by atoms with E-state index in [1.807, 2.05) is 0 Å². The lowest BCUT2D eigenvalue weighted by molar-refractivity contribution is -0.234. The number of aliphatic hydroxyl groups is 8. The Balaban J connectivity index is 1.98. The number of aromatic hydroxyl groups is 4. The van der Waals surface area contributed by atoms with E-state index in [9.17, 15) is 66.1 Å². The third-order valence-corrected chi connectivity index (χ3v) is 7.20. The first kappa shape index (κ1) is 29.9. The molecule has 2 aromatic rings. The molecule has 2 saturated heterocycles. The number of carbonyl (C=O) groups excluding carboxylic acids is 1. The summed E-state index contributed by atoms with van der Waals surface area (Å²) in [5.41, 5.74) is -2.79. The largest absolute Gasteiger partial charge is 0.508 e. The minimum absolute atomic E-state index is 0.200. The molecule has 0 spiro atoms. The number of hydrogen-bond donors (Lipinski definition) is 12. The summed E-state index contributed by atoms with van der Waals surface area (Å²) >= 11 is 0. The summed E-state index contributed by atoms with van der Waals surface area (Å²) in [6, 6.07) is 4.51. The standard InChI is InChI=1S/C25H30O15/c26-5-9-15(30)20(35)22(37)24(39-9)12-17(32)11(14(29)7-1-3-8(28)4-2-7)18(33)13(19(12)34)25-23(38)21(36)16(31)10(6-27)40-25/h1-4,9-10,15-16,20-28,30-38H,5-6H2. The molecule has 10 atom stereocenters. The van der Waals surface area contributed by atoms with Gasteiger partial charge >= 0.3 is 0 Å². The fourth-order valence-electron chi connectivity index (χ4n) is 4.94. The Hall–Kier alpha value is -3.09. The van der Waals surface area contributed by atoms with Gasteiger partial charge in [-0.2, -0.15) is 0 Å². The molecule has 15 heteroatoms. The maximum absolute atomic E-state index is 13.5. The summed E-state index contributed by atoms with van der Waals surface area (Å²) in [7, 11) is 0. The SMILES string of the molecule is O=C(c1ccc(O)cc1)c1c(O)c(C2OC(CO)C(O)C(O)C2O)c(O)c(C2OC(CO)C(O)C(O)C2O)c1O. The highest BCUT2D eigenvalue weighted by atomic mass is 16.6. The summed E-state index contributed by atoms with van der Waals surface area (Å²) < 4.78 is 10.9. The fraction of sp³-hybridized carbons (Fsp3) is 0.480. The van der Waals surface area contributed by atoms with Gasteiger partial charge in [0.1, 0.15) is 89.6 Å². The molecule has 0 bridgehead atoms. The van der Waals surface area contributed by atoms with Crippen LogP contribution in [0, 0.1) is 0 Å². The van der Waals surface area contributed by atoms with Gasteiger partial charge in [0.2, 0.25) is 5.78 Å². The van der Waals surface area contributed by atoms with Gasteiger partial charge in [0, 0.05) is 5.56 Å². The minimum atomic E-state index is -2.08. The van der Waals surface area contributed by atoms with E-state index in [-0.39, 0.29) is 11.3 Å². The molecule has 0 radical (unpaired) electrons. The second-order valence-corrected chi connectivity index (χ2v) is 9.62. The van der Waals surface area contributed by atoms with Crippen LogP contribution < -0.4 is 0 Å². The smallest absolute Gasteiger partial charge is 0.200 e. The molecular weight excluding hydrogens is 540 g/mol. The predicted molar refractivity (Wildman–Crippen MR) is 128 cm³/mol. The summed E-state index contributed by atoms with van der Waals surface area (Å²) in [6.07, 6.45) is -18.8. The second-order valence-electron chi connectivity index (χ2n) is 9.62. The zero-order valence-electron chi connectivity index (χ0n) is 20.6. The van der Waals surface area contributed by atoms with E-state index in [4.69, 9.17) is 9.47 Å². The van der Waals surface area contributed by atoms with Crippen molar-refractivity contribution in [3.63, 3.8) is 0 Å². The topological polar surface area (TPSA) is 278 Å². The van der Waals surface area contributed by atoms with Gasteiger partial charge in [0.25, 0.3) is 0 Å². The molecule has 0 saturated carbocycles. The van der Waals surface area contributed by atoms with E-state index in [1.165, 1.54) is 0 Å². The Morgan fingerprint density at radius 2 is 1.00 bits per heavy atom. The molecule has 220 valence electrons. The molecule has 2 aliphatic heterocycles. The first-order valence-electron chi connectivity index (χ1n) is 12.1. The Morgan fingerprint density at radius 3 is 1.38 bits per heavy atom. The Labute approximate surface area is 225 Å². The molecule has 2 aliphatic rings. The van der Waals surface area contributed by atoms with Crippen LogP contribution in [0.2, 0.25) is 0 Å². The first-order chi connectivity index (χ1) is 18.8. The van der Waals surface area contributed by atoms with Gasteiger partial charge in [-0.25, -0.2) is 0 Å². The molecule has 0 aliphatic carbocycles. The molecule has 2 aromatic carbocycles. The van der Waals surface area contributed by atoms with Gasteiger partial charge in [0.05, 0.1) is 24.3 Å². The number of ketones is 1. The number of rotatable bonds is 6. The average Bonchev–Trinajstić information content (AvgIpc) is 2.93. The van der Waals surface area contributed by atoms with Gasteiger partial charge in [-0.3, -0.25) is 4.79 Å². The van der Waals surface area contributed by atoms with Crippen LogP contribution >= 0.6 is 0 Å². The summed E-state index contributed by atoms with van der Waals surface area (Å²) in [6.45, 7) is -1.78. The normalized spacial score (nSPS) is 34.5. The quantitative estimate of drug-likeness (QED) is 0.152. The molecule has 4 rings (SSSR count). The van der Waals surface area contributed by atoms with Crippen molar-refractivity contribution >= 4 is 5.78 Å². The molecule has 40 heavy (non-hydrogen) atoms. The van der Waals surface area contributed by atoms with E-state index in [0.29, 0.717) is 0 Å². The van der Waals surface area contributed by atoms with Crippen molar-refractivity contribution < 1.29 is 75.5 Å². The van der Waals surface area contributed by atoms with Gasteiger partial charge in [0.15, 0.2) is 0 Å². The van der Waals surface area contributed by atoms with Crippen molar-refractivity contribution in [2.75, 3.05) is 13.2 Å². The summed E-state index contributed by atoms with van der Waals surface area (Å²) in [5.74, 6) is -4.80. The van der Waals surface area contributed by atoms with Gasteiger partial charge in [-0.15, -0.1) is 0 Å². The van der Waals surface area contributed by atoms with E-state index in [2.05, 4.69) is 0 Å². The third kappa shape index (κ3) is 4.86. The minimum Gasteiger partial charge on any atom is -0.508 e. The number of ether oxygens (including phenoxy) is 2. The zero-order chi connectivity index (χ0) is 29.6. The van der Waals surface area contributed by atoms with Crippen molar-refractivity contribution in [1.29, 1.82) is 0 Å². The van der Waals surface area contributed by atoms with E-state index in [1.54, 1.807) is 0 Å². The van der Waals surface area contributed by atoms with Crippen LogP contribution in [-0.2, 0) is 9.47 Å². The fourth-order valence-corrected chi connectivity index (χ4v) is 4.94. The third-order valence-electron chi connectivity index (χ3n) is 7.20. The van der Waals surface area contributed by atoms with E-state index in [0.717, 1.165) is 24.3 Å². The van der Waals surface area contributed by atoms with Crippen molar-refractivity contribution in [3.05, 3.63) is 46.5 Å². The van der Waals surface area contributed by atoms with E-state index >= 15 is 0 Å². The molecule has 2 heterocycles. The lowest BCUT2D eigenvalue weighted by Gasteiger charge is -2.42. The summed E-state index contributed by atoms with van der Waals surface area (Å²) in [4.78, 5) is 13.5. The average molecular weight is 571 g/mol. The molecule has 0 amide bonds. The molecule has 15 nitrogen and oxygen atoms in total. The van der Waals surface area contributed by atoms with Crippen molar-refractivity contribution in [1.82, 2.24) is 0 Å². The highest BCUT2D eigenvalue weighted by Gasteiger charge is 2.50. The zero-order valence-corrected chi connectivity index (χ0v) is 20.6. The van der Waals surface area contributed by atoms with Crippen LogP contribution in [0.25, 0.3) is 0 Å². The lowest BCUT2D eigenvalue weighted by atomic mass is 9.83. The molecule has 2 fully saturated rings. The maximum Gasteiger partial charge on any atom is 0.200 e. The monoisotopic (exact) mass is 570 g/mol. The van der Waals surface area contributed by atoms with Crippen LogP contribution in [-0.4, -0.2) is 129 Å². The number of aliphatic hydroxyl groups excluding tert-OH is 8. The van der Waals surface area contributed by atoms with Gasteiger partial charge in [-0.05, 0) is 24.3 Å². The van der Waals surface area contributed by atoms with E-state index < -0.39 is 114 Å². The molecule has 12 N–H and O–H groups in total. The number of phenolic OH excluding ortho intramolecular Hbond substituents is 4. The molecule has 0 aromatic heterocycles. The van der Waals surface area contributed by atoms with Crippen LogP contribution in [0.4, 0.5) is 0 Å². The Morgan fingerprint density at radius 1 is 0.600 bits per heavy atom. The Kier molecular flexibility index (Phi) is 8.53. The highest BCUT2D eigenvalue weighted by molar-refractivity contribution is 6.13. The number of benzene rings is 2. The maximum atomic E-state index is 13.5. The Bertz CT molecular complexity index is 1170. The summed E-state index contributed by atoms with van der Waals surface area (Å²) in [5, 5.41) is 125. The van der Waals surface area contributed by atoms with Crippen molar-refractivity contribution in [2.24, 2.45) is 0 Å². The number of carbonyl (C=O) groups is 1. The van der Waals surface area contributed by atoms with Gasteiger partial charge < -0.3 is 70.8 Å². The van der Waals surface area contributed by atoms with Gasteiger partial charge in [-0.1, -0.05) is 0 Å². The van der Waals surface area contributed by atoms with Crippen LogP contribution in [0.3, 0.4) is 0 Å². The highest BCUT2D eigenvalue weighted by Crippen LogP contribution is 2.53. The van der Waals surface area contributed by atoms with Crippen LogP contribution in [0.15, 0.2) is 24.3 Å². The molecular formula is C25H30O15. The lowest BCUT2D eigenvalue weighted by Crippen LogP contribution is -2.55. The number of hydrogen-bond acceptors (Lipinski definition) is 15. The number of phenols is 4. The second kappa shape index (κ2) is 11.4. The molecule has 10 unspecified atom stereocenters. The van der Waals surface area contributed by atoms with Crippen LogP contribution in [0.5, 0.6) is 23.0 Å². The van der Waals surface area contributed by atoms with Crippen molar-refractivity contribution in [2.45, 2.75) is 61.0 Å². The van der Waals surface area contributed by atoms with Crippen molar-refractivity contribution in [3.8, 4) is 23.0 Å². The predicted octanol–water partition coefficient (Wildman–Crippen LogP) is -3.23. The first-order valence-corrected chi connectivity index (χ1v) is 12.1. The van der Waals surface area contributed by atoms with Crippen LogP contribution in [0.1, 0.15) is 39.3 Å².